The number of hydrogen-bond donors (Lipinski definition) is 3. The number of hydrogen-bond acceptors (Lipinski definition) is 4. The Balaban J connectivity index is 2.47. The van der Waals surface area contributed by atoms with Crippen molar-refractivity contribution < 1.29 is 24.9 Å². The molecule has 0 aliphatic heterocycles. The summed E-state index contributed by atoms with van der Waals surface area (Å²) in [7, 11) is 0. The molecule has 154 valence electrons. The van der Waals surface area contributed by atoms with E-state index in [1.165, 1.54) is 0 Å². The van der Waals surface area contributed by atoms with E-state index in [1.807, 2.05) is 6.08 Å². The number of carbonyl (C=O) groups excluding carboxylic acids is 1. The van der Waals surface area contributed by atoms with E-state index in [2.05, 4.69) is 13.8 Å². The van der Waals surface area contributed by atoms with Gasteiger partial charge in [0.05, 0.1) is 12.2 Å². The van der Waals surface area contributed by atoms with Crippen LogP contribution in [0.2, 0.25) is 0 Å². The van der Waals surface area contributed by atoms with Gasteiger partial charge in [-0.05, 0) is 31.6 Å². The van der Waals surface area contributed by atoms with Crippen molar-refractivity contribution in [2.45, 2.75) is 83.8 Å². The number of unbranched alkanes of at least 4 members (excludes halogenated alkanes) is 3. The average Bonchev–Trinajstić information content (AvgIpc) is 2.87. The van der Waals surface area contributed by atoms with Gasteiger partial charge in [-0.25, -0.2) is 4.79 Å². The highest BCUT2D eigenvalue weighted by Crippen LogP contribution is 2.34. The lowest BCUT2D eigenvalue weighted by molar-refractivity contribution is -0.131. The largest absolute Gasteiger partial charge is 0.478 e. The van der Waals surface area contributed by atoms with E-state index in [4.69, 9.17) is 5.11 Å². The van der Waals surface area contributed by atoms with E-state index in [-0.39, 0.29) is 24.0 Å². The van der Waals surface area contributed by atoms with Crippen LogP contribution in [0.3, 0.4) is 0 Å². The van der Waals surface area contributed by atoms with E-state index in [9.17, 15) is 19.8 Å². The molecule has 1 aliphatic rings. The van der Waals surface area contributed by atoms with Crippen molar-refractivity contribution in [3.05, 3.63) is 24.3 Å². The predicted molar refractivity (Wildman–Crippen MR) is 106 cm³/mol. The number of aliphatic carboxylic acids is 1. The van der Waals surface area contributed by atoms with Crippen LogP contribution in [0.4, 0.5) is 0 Å². The Morgan fingerprint density at radius 3 is 2.70 bits per heavy atom. The zero-order valence-electron chi connectivity index (χ0n) is 16.7. The van der Waals surface area contributed by atoms with Crippen molar-refractivity contribution >= 4 is 11.8 Å². The second-order valence-electron chi connectivity index (χ2n) is 7.88. The van der Waals surface area contributed by atoms with Crippen LogP contribution in [0.5, 0.6) is 0 Å². The van der Waals surface area contributed by atoms with Gasteiger partial charge in [0, 0.05) is 24.3 Å². The number of aliphatic hydroxyl groups is 2. The van der Waals surface area contributed by atoms with Crippen molar-refractivity contribution in [1.29, 1.82) is 0 Å². The number of carbonyl (C=O) groups is 2. The Bertz CT molecular complexity index is 511. The first kappa shape index (κ1) is 23.6. The Labute approximate surface area is 163 Å². The SMILES string of the molecule is CCCC[C@H](C)C[C@H](O)/C=C/[C@H]1[C@H](O)CC(=O)[C@@H]1CCCCC=CC(=O)O. The third-order valence-corrected chi connectivity index (χ3v) is 5.38. The molecule has 1 saturated carbocycles. The third kappa shape index (κ3) is 9.34. The molecule has 0 aromatic heterocycles. The zero-order valence-corrected chi connectivity index (χ0v) is 16.7. The molecule has 0 bridgehead atoms. The molecular weight excluding hydrogens is 344 g/mol. The second kappa shape index (κ2) is 12.8. The smallest absolute Gasteiger partial charge is 0.327 e. The molecule has 5 nitrogen and oxygen atoms in total. The van der Waals surface area contributed by atoms with Crippen molar-refractivity contribution in [2.24, 2.45) is 17.8 Å². The molecule has 0 aromatic rings. The van der Waals surface area contributed by atoms with Gasteiger partial charge in [-0.3, -0.25) is 4.79 Å². The molecule has 5 atom stereocenters. The molecule has 1 rings (SSSR count). The van der Waals surface area contributed by atoms with Crippen molar-refractivity contribution in [2.75, 3.05) is 0 Å². The molecule has 0 aromatic carbocycles. The molecule has 0 radical (unpaired) electrons. The Morgan fingerprint density at radius 2 is 2.04 bits per heavy atom. The second-order valence-corrected chi connectivity index (χ2v) is 7.88. The van der Waals surface area contributed by atoms with Crippen LogP contribution in [0, 0.1) is 17.8 Å². The van der Waals surface area contributed by atoms with Gasteiger partial charge >= 0.3 is 5.97 Å². The van der Waals surface area contributed by atoms with Crippen LogP contribution in [0.15, 0.2) is 24.3 Å². The number of rotatable bonds is 13. The minimum Gasteiger partial charge on any atom is -0.478 e. The Morgan fingerprint density at radius 1 is 1.30 bits per heavy atom. The standard InChI is InChI=1S/C22H36O5/c1-3-4-9-16(2)14-17(23)12-13-19-18(20(24)15-21(19)25)10-7-5-6-8-11-22(26)27/h8,11-13,16-19,21,23,25H,3-7,9-10,14-15H2,1-2H3,(H,26,27)/b11-8?,13-12+/t16-,17+,18+,19+,21+/m0/s1. The normalized spacial score (nSPS) is 25.5. The summed E-state index contributed by atoms with van der Waals surface area (Å²) < 4.78 is 0. The van der Waals surface area contributed by atoms with Gasteiger partial charge in [-0.2, -0.15) is 0 Å². The maximum atomic E-state index is 12.2. The van der Waals surface area contributed by atoms with Gasteiger partial charge in [-0.1, -0.05) is 57.8 Å². The van der Waals surface area contributed by atoms with Crippen LogP contribution in [-0.4, -0.2) is 39.3 Å². The van der Waals surface area contributed by atoms with Crippen LogP contribution in [0.1, 0.15) is 71.6 Å². The molecule has 3 N–H and O–H groups in total. The number of ketones is 1. The fourth-order valence-electron chi connectivity index (χ4n) is 3.82. The number of aliphatic hydroxyl groups excluding tert-OH is 2. The lowest BCUT2D eigenvalue weighted by Gasteiger charge is -2.18. The summed E-state index contributed by atoms with van der Waals surface area (Å²) in [5.41, 5.74) is 0. The first-order valence-corrected chi connectivity index (χ1v) is 10.3. The summed E-state index contributed by atoms with van der Waals surface area (Å²) in [6.45, 7) is 4.30. The quantitative estimate of drug-likeness (QED) is 0.256. The van der Waals surface area contributed by atoms with Crippen LogP contribution in [-0.2, 0) is 9.59 Å². The molecule has 0 saturated heterocycles. The molecular formula is C22H36O5. The molecule has 0 heterocycles. The van der Waals surface area contributed by atoms with E-state index in [1.54, 1.807) is 12.2 Å². The van der Waals surface area contributed by atoms with Crippen molar-refractivity contribution in [1.82, 2.24) is 0 Å². The van der Waals surface area contributed by atoms with Crippen LogP contribution in [0.25, 0.3) is 0 Å². The summed E-state index contributed by atoms with van der Waals surface area (Å²) >= 11 is 0. The predicted octanol–water partition coefficient (Wildman–Crippen LogP) is 3.89. The number of allylic oxidation sites excluding steroid dienone is 1. The lowest BCUT2D eigenvalue weighted by Crippen LogP contribution is -2.19. The van der Waals surface area contributed by atoms with Crippen molar-refractivity contribution in [3.63, 3.8) is 0 Å². The Kier molecular flexibility index (Phi) is 11.2. The topological polar surface area (TPSA) is 94.8 Å². The summed E-state index contributed by atoms with van der Waals surface area (Å²) in [6.07, 6.45) is 12.4. The zero-order chi connectivity index (χ0) is 20.2. The molecule has 1 aliphatic carbocycles. The number of carboxylic acid groups (broad SMARTS) is 1. The summed E-state index contributed by atoms with van der Waals surface area (Å²) in [5.74, 6) is -0.840. The maximum absolute atomic E-state index is 12.2. The highest BCUT2D eigenvalue weighted by Gasteiger charge is 2.39. The highest BCUT2D eigenvalue weighted by molar-refractivity contribution is 5.84. The highest BCUT2D eigenvalue weighted by atomic mass is 16.4. The average molecular weight is 381 g/mol. The minimum atomic E-state index is -0.947. The van der Waals surface area contributed by atoms with Crippen LogP contribution < -0.4 is 0 Å². The number of carboxylic acids is 1. The molecule has 5 heteroatoms. The third-order valence-electron chi connectivity index (χ3n) is 5.38. The molecule has 1 fully saturated rings. The lowest BCUT2D eigenvalue weighted by atomic mass is 9.88. The van der Waals surface area contributed by atoms with E-state index < -0.39 is 18.2 Å². The van der Waals surface area contributed by atoms with Gasteiger partial charge in [0.1, 0.15) is 5.78 Å². The van der Waals surface area contributed by atoms with Crippen molar-refractivity contribution in [3.8, 4) is 0 Å². The van der Waals surface area contributed by atoms with Gasteiger partial charge in [-0.15, -0.1) is 0 Å². The summed E-state index contributed by atoms with van der Waals surface area (Å²) in [6, 6.07) is 0. The van der Waals surface area contributed by atoms with E-state index in [0.29, 0.717) is 25.2 Å². The molecule has 0 spiro atoms. The fourth-order valence-corrected chi connectivity index (χ4v) is 3.82. The molecule has 27 heavy (non-hydrogen) atoms. The van der Waals surface area contributed by atoms with Gasteiger partial charge in [0.25, 0.3) is 0 Å². The van der Waals surface area contributed by atoms with Gasteiger partial charge < -0.3 is 15.3 Å². The van der Waals surface area contributed by atoms with Crippen LogP contribution >= 0.6 is 0 Å². The maximum Gasteiger partial charge on any atom is 0.327 e. The summed E-state index contributed by atoms with van der Waals surface area (Å²) in [4.78, 5) is 22.6. The summed E-state index contributed by atoms with van der Waals surface area (Å²) in [5, 5.41) is 29.0. The first-order chi connectivity index (χ1) is 12.8. The van der Waals surface area contributed by atoms with Gasteiger partial charge in [0.2, 0.25) is 0 Å². The monoisotopic (exact) mass is 380 g/mol. The molecule has 0 amide bonds. The first-order valence-electron chi connectivity index (χ1n) is 10.3. The fraction of sp³-hybridized carbons (Fsp3) is 0.727. The van der Waals surface area contributed by atoms with E-state index >= 15 is 0 Å². The minimum absolute atomic E-state index is 0.0871. The number of Topliss-reactive ketones (excluding diaryl/α,β-unsaturated/α-hetero) is 1. The van der Waals surface area contributed by atoms with E-state index in [0.717, 1.165) is 38.2 Å². The molecule has 0 unspecified atom stereocenters. The Hall–Kier alpha value is -1.46. The van der Waals surface area contributed by atoms with Gasteiger partial charge in [0.15, 0.2) is 0 Å².